The fourth-order valence-corrected chi connectivity index (χ4v) is 2.82. The Bertz CT molecular complexity index is 553. The first kappa shape index (κ1) is 17.0. The SMILES string of the molecule is CCC(C)c1cc(F)cc(C2CC2)c1CC(=O)OC(C)(C)C. The van der Waals surface area contributed by atoms with E-state index in [1.165, 1.54) is 0 Å². The molecule has 122 valence electrons. The van der Waals surface area contributed by atoms with Crippen LogP contribution in [0.3, 0.4) is 0 Å². The van der Waals surface area contributed by atoms with E-state index in [9.17, 15) is 9.18 Å². The van der Waals surface area contributed by atoms with Gasteiger partial charge in [-0.05, 0) is 80.7 Å². The molecule has 0 spiro atoms. The van der Waals surface area contributed by atoms with Gasteiger partial charge in [-0.25, -0.2) is 4.39 Å². The maximum absolute atomic E-state index is 14.0. The highest BCUT2D eigenvalue weighted by Crippen LogP contribution is 2.44. The van der Waals surface area contributed by atoms with Crippen LogP contribution in [0.15, 0.2) is 12.1 Å². The molecule has 3 heteroatoms. The van der Waals surface area contributed by atoms with Crippen LogP contribution < -0.4 is 0 Å². The number of carbonyl (C=O) groups excluding carboxylic acids is 1. The Labute approximate surface area is 133 Å². The second kappa shape index (κ2) is 6.39. The Morgan fingerprint density at radius 1 is 1.36 bits per heavy atom. The Kier molecular flexibility index (Phi) is 4.93. The molecule has 1 aliphatic rings. The molecule has 22 heavy (non-hydrogen) atoms. The van der Waals surface area contributed by atoms with Crippen molar-refractivity contribution >= 4 is 5.97 Å². The molecule has 1 unspecified atom stereocenters. The molecule has 1 fully saturated rings. The van der Waals surface area contributed by atoms with Crippen LogP contribution in [0, 0.1) is 5.82 Å². The summed E-state index contributed by atoms with van der Waals surface area (Å²) in [7, 11) is 0. The predicted molar refractivity (Wildman–Crippen MR) is 86.6 cm³/mol. The fraction of sp³-hybridized carbons (Fsp3) is 0.632. The standard InChI is InChI=1S/C19H27FO2/c1-6-12(2)15-9-14(20)10-16(13-7-8-13)17(15)11-18(21)22-19(3,4)5/h9-10,12-13H,6-8,11H2,1-5H3. The van der Waals surface area contributed by atoms with E-state index >= 15 is 0 Å². The molecule has 2 rings (SSSR count). The van der Waals surface area contributed by atoms with Crippen LogP contribution in [0.1, 0.15) is 82.4 Å². The summed E-state index contributed by atoms with van der Waals surface area (Å²) in [6.45, 7) is 9.78. The van der Waals surface area contributed by atoms with Gasteiger partial charge in [-0.2, -0.15) is 0 Å². The van der Waals surface area contributed by atoms with Crippen LogP contribution in [0.4, 0.5) is 4.39 Å². The van der Waals surface area contributed by atoms with Crippen molar-refractivity contribution in [2.24, 2.45) is 0 Å². The van der Waals surface area contributed by atoms with Gasteiger partial charge >= 0.3 is 5.97 Å². The van der Waals surface area contributed by atoms with Gasteiger partial charge in [0.05, 0.1) is 6.42 Å². The second-order valence-corrected chi connectivity index (χ2v) is 7.41. The van der Waals surface area contributed by atoms with Crippen molar-refractivity contribution in [3.05, 3.63) is 34.6 Å². The summed E-state index contributed by atoms with van der Waals surface area (Å²) in [5, 5.41) is 0. The summed E-state index contributed by atoms with van der Waals surface area (Å²) in [6.07, 6.45) is 3.34. The fourth-order valence-electron chi connectivity index (χ4n) is 2.82. The smallest absolute Gasteiger partial charge is 0.310 e. The normalized spacial score (nSPS) is 16.5. The molecule has 0 N–H and O–H groups in total. The highest BCUT2D eigenvalue weighted by Gasteiger charge is 2.30. The number of benzene rings is 1. The number of esters is 1. The minimum absolute atomic E-state index is 0.190. The van der Waals surface area contributed by atoms with Gasteiger partial charge in [0, 0.05) is 0 Å². The monoisotopic (exact) mass is 306 g/mol. The molecule has 0 aliphatic heterocycles. The van der Waals surface area contributed by atoms with Gasteiger partial charge in [-0.1, -0.05) is 13.8 Å². The lowest BCUT2D eigenvalue weighted by Gasteiger charge is -2.22. The van der Waals surface area contributed by atoms with E-state index in [0.29, 0.717) is 5.92 Å². The molecule has 0 amide bonds. The molecule has 2 nitrogen and oxygen atoms in total. The Balaban J connectivity index is 2.36. The first-order valence-electron chi connectivity index (χ1n) is 8.25. The molecule has 0 radical (unpaired) electrons. The van der Waals surface area contributed by atoms with E-state index in [2.05, 4.69) is 13.8 Å². The minimum atomic E-state index is -0.493. The molecular formula is C19H27FO2. The average molecular weight is 306 g/mol. The largest absolute Gasteiger partial charge is 0.460 e. The number of halogens is 1. The third-order valence-electron chi connectivity index (χ3n) is 4.19. The van der Waals surface area contributed by atoms with Crippen molar-refractivity contribution in [1.82, 2.24) is 0 Å². The lowest BCUT2D eigenvalue weighted by Crippen LogP contribution is -2.25. The lowest BCUT2D eigenvalue weighted by molar-refractivity contribution is -0.153. The summed E-state index contributed by atoms with van der Waals surface area (Å²) in [6, 6.07) is 3.21. The number of rotatable bonds is 5. The number of ether oxygens (including phenoxy) is 1. The zero-order chi connectivity index (χ0) is 16.5. The molecule has 1 aromatic carbocycles. The molecule has 1 aromatic rings. The molecule has 0 aromatic heterocycles. The molecule has 1 saturated carbocycles. The van der Waals surface area contributed by atoms with E-state index in [-0.39, 0.29) is 24.1 Å². The molecule has 1 aliphatic carbocycles. The maximum Gasteiger partial charge on any atom is 0.310 e. The van der Waals surface area contributed by atoms with E-state index in [4.69, 9.17) is 4.74 Å². The predicted octanol–water partition coefficient (Wildman–Crippen LogP) is 5.10. The summed E-state index contributed by atoms with van der Waals surface area (Å²) in [5.41, 5.74) is 2.48. The van der Waals surface area contributed by atoms with Crippen LogP contribution in [-0.2, 0) is 16.0 Å². The zero-order valence-electron chi connectivity index (χ0n) is 14.3. The van der Waals surface area contributed by atoms with Gasteiger partial charge in [-0.3, -0.25) is 4.79 Å². The van der Waals surface area contributed by atoms with Crippen molar-refractivity contribution in [2.45, 2.75) is 77.7 Å². The molecular weight excluding hydrogens is 279 g/mol. The summed E-state index contributed by atoms with van der Waals surface area (Å²) in [4.78, 5) is 12.3. The van der Waals surface area contributed by atoms with Crippen LogP contribution in [-0.4, -0.2) is 11.6 Å². The van der Waals surface area contributed by atoms with Gasteiger partial charge in [0.15, 0.2) is 0 Å². The first-order chi connectivity index (χ1) is 10.2. The number of hydrogen-bond donors (Lipinski definition) is 0. The van der Waals surface area contributed by atoms with E-state index in [1.54, 1.807) is 12.1 Å². The number of carbonyl (C=O) groups is 1. The van der Waals surface area contributed by atoms with Gasteiger partial charge in [0.1, 0.15) is 11.4 Å². The average Bonchev–Trinajstić information content (AvgIpc) is 3.21. The third-order valence-corrected chi connectivity index (χ3v) is 4.19. The minimum Gasteiger partial charge on any atom is -0.460 e. The molecule has 1 atom stereocenters. The van der Waals surface area contributed by atoms with E-state index in [1.807, 2.05) is 20.8 Å². The highest BCUT2D eigenvalue weighted by atomic mass is 19.1. The van der Waals surface area contributed by atoms with Crippen molar-refractivity contribution in [1.29, 1.82) is 0 Å². The Morgan fingerprint density at radius 2 is 2.00 bits per heavy atom. The first-order valence-corrected chi connectivity index (χ1v) is 8.25. The Morgan fingerprint density at radius 3 is 2.50 bits per heavy atom. The topological polar surface area (TPSA) is 26.3 Å². The van der Waals surface area contributed by atoms with E-state index < -0.39 is 5.60 Å². The van der Waals surface area contributed by atoms with Crippen molar-refractivity contribution in [3.63, 3.8) is 0 Å². The summed E-state index contributed by atoms with van der Waals surface area (Å²) < 4.78 is 19.4. The zero-order valence-corrected chi connectivity index (χ0v) is 14.3. The van der Waals surface area contributed by atoms with Crippen LogP contribution in [0.5, 0.6) is 0 Å². The van der Waals surface area contributed by atoms with Crippen molar-refractivity contribution in [2.75, 3.05) is 0 Å². The van der Waals surface area contributed by atoms with Crippen LogP contribution in [0.2, 0.25) is 0 Å². The van der Waals surface area contributed by atoms with Gasteiger partial charge in [0.2, 0.25) is 0 Å². The lowest BCUT2D eigenvalue weighted by atomic mass is 9.87. The van der Waals surface area contributed by atoms with Crippen molar-refractivity contribution < 1.29 is 13.9 Å². The Hall–Kier alpha value is -1.38. The second-order valence-electron chi connectivity index (χ2n) is 7.41. The maximum atomic E-state index is 14.0. The third kappa shape index (κ3) is 4.31. The van der Waals surface area contributed by atoms with Gasteiger partial charge in [-0.15, -0.1) is 0 Å². The molecule has 0 bridgehead atoms. The molecule has 0 heterocycles. The van der Waals surface area contributed by atoms with Crippen molar-refractivity contribution in [3.8, 4) is 0 Å². The van der Waals surface area contributed by atoms with E-state index in [0.717, 1.165) is 36.0 Å². The van der Waals surface area contributed by atoms with Gasteiger partial charge in [0.25, 0.3) is 0 Å². The highest BCUT2D eigenvalue weighted by molar-refractivity contribution is 5.74. The van der Waals surface area contributed by atoms with Crippen LogP contribution in [0.25, 0.3) is 0 Å². The quantitative estimate of drug-likeness (QED) is 0.707. The molecule has 0 saturated heterocycles. The summed E-state index contributed by atoms with van der Waals surface area (Å²) in [5.74, 6) is 0.234. The number of hydrogen-bond acceptors (Lipinski definition) is 2. The van der Waals surface area contributed by atoms with Gasteiger partial charge < -0.3 is 4.74 Å². The summed E-state index contributed by atoms with van der Waals surface area (Å²) >= 11 is 0. The van der Waals surface area contributed by atoms with Crippen LogP contribution >= 0.6 is 0 Å².